The molecule has 2 rings (SSSR count). The van der Waals surface area contributed by atoms with Crippen molar-refractivity contribution in [1.82, 2.24) is 4.90 Å². The molecule has 18 heavy (non-hydrogen) atoms. The van der Waals surface area contributed by atoms with Crippen molar-refractivity contribution in [2.45, 2.75) is 25.8 Å². The van der Waals surface area contributed by atoms with Crippen LogP contribution in [0.4, 0.5) is 5.69 Å². The predicted molar refractivity (Wildman–Crippen MR) is 78.0 cm³/mol. The lowest BCUT2D eigenvalue weighted by Crippen LogP contribution is -2.48. The zero-order valence-electron chi connectivity index (χ0n) is 11.6. The number of rotatable bonds is 4. The molecule has 0 unspecified atom stereocenters. The third kappa shape index (κ3) is 4.00. The summed E-state index contributed by atoms with van der Waals surface area (Å²) in [6.07, 6.45) is 1.07. The second kappa shape index (κ2) is 5.72. The summed E-state index contributed by atoms with van der Waals surface area (Å²) in [5, 5.41) is 0. The van der Waals surface area contributed by atoms with E-state index in [1.54, 1.807) is 0 Å². The van der Waals surface area contributed by atoms with Gasteiger partial charge in [0.25, 0.3) is 0 Å². The molecule has 0 spiro atoms. The number of anilines is 1. The van der Waals surface area contributed by atoms with E-state index in [0.717, 1.165) is 39.1 Å². The van der Waals surface area contributed by atoms with Crippen molar-refractivity contribution in [3.8, 4) is 0 Å². The van der Waals surface area contributed by atoms with Crippen LogP contribution in [0, 0.1) is 0 Å². The molecular weight excluding hydrogens is 222 g/mol. The summed E-state index contributed by atoms with van der Waals surface area (Å²) in [6, 6.07) is 10.7. The van der Waals surface area contributed by atoms with Crippen molar-refractivity contribution >= 4 is 5.69 Å². The minimum absolute atomic E-state index is 0.0451. The minimum Gasteiger partial charge on any atom is -0.369 e. The van der Waals surface area contributed by atoms with E-state index in [1.807, 2.05) is 0 Å². The van der Waals surface area contributed by atoms with Gasteiger partial charge in [0.1, 0.15) is 0 Å². The smallest absolute Gasteiger partial charge is 0.0367 e. The van der Waals surface area contributed by atoms with Crippen LogP contribution in [-0.4, -0.2) is 43.2 Å². The second-order valence-corrected chi connectivity index (χ2v) is 5.90. The summed E-state index contributed by atoms with van der Waals surface area (Å²) in [5.41, 5.74) is 7.33. The lowest BCUT2D eigenvalue weighted by Gasteiger charge is -2.37. The Labute approximate surface area is 111 Å². The van der Waals surface area contributed by atoms with Gasteiger partial charge in [-0.05, 0) is 32.4 Å². The molecule has 1 fully saturated rings. The first-order valence-electron chi connectivity index (χ1n) is 6.86. The molecular formula is C15H25N3. The highest BCUT2D eigenvalue weighted by atomic mass is 15.3. The first-order valence-corrected chi connectivity index (χ1v) is 6.86. The Balaban J connectivity index is 1.78. The van der Waals surface area contributed by atoms with Gasteiger partial charge in [-0.2, -0.15) is 0 Å². The number of piperazine rings is 1. The summed E-state index contributed by atoms with van der Waals surface area (Å²) in [5.74, 6) is 0. The van der Waals surface area contributed by atoms with Gasteiger partial charge < -0.3 is 10.6 Å². The van der Waals surface area contributed by atoms with Crippen LogP contribution < -0.4 is 10.6 Å². The third-order valence-electron chi connectivity index (χ3n) is 3.57. The normalized spacial score (nSPS) is 18.1. The molecule has 0 saturated carbocycles. The number of nitrogens with zero attached hydrogens (tertiary/aromatic N) is 2. The predicted octanol–water partition coefficient (Wildman–Crippen LogP) is 1.94. The Kier molecular flexibility index (Phi) is 4.25. The average Bonchev–Trinajstić information content (AvgIpc) is 2.37. The fraction of sp³-hybridized carbons (Fsp3) is 0.600. The molecule has 0 amide bonds. The van der Waals surface area contributed by atoms with E-state index >= 15 is 0 Å². The number of nitrogens with two attached hydrogens (primary N) is 1. The quantitative estimate of drug-likeness (QED) is 0.882. The van der Waals surface area contributed by atoms with Gasteiger partial charge in [-0.15, -0.1) is 0 Å². The molecule has 1 aromatic rings. The van der Waals surface area contributed by atoms with Crippen LogP contribution >= 0.6 is 0 Å². The highest BCUT2D eigenvalue weighted by molar-refractivity contribution is 5.46. The van der Waals surface area contributed by atoms with Gasteiger partial charge >= 0.3 is 0 Å². The maximum Gasteiger partial charge on any atom is 0.0367 e. The van der Waals surface area contributed by atoms with E-state index in [-0.39, 0.29) is 5.54 Å². The molecule has 3 nitrogen and oxygen atoms in total. The lowest BCUT2D eigenvalue weighted by atomic mass is 10.0. The molecule has 2 N–H and O–H groups in total. The van der Waals surface area contributed by atoms with E-state index in [9.17, 15) is 0 Å². The zero-order valence-corrected chi connectivity index (χ0v) is 11.6. The largest absolute Gasteiger partial charge is 0.369 e. The Bertz CT molecular complexity index is 348. The van der Waals surface area contributed by atoms with Crippen LogP contribution in [0.5, 0.6) is 0 Å². The zero-order chi connectivity index (χ0) is 13.0. The number of para-hydroxylation sites is 1. The van der Waals surface area contributed by atoms with Crippen molar-refractivity contribution in [3.63, 3.8) is 0 Å². The highest BCUT2D eigenvalue weighted by Crippen LogP contribution is 2.16. The van der Waals surface area contributed by atoms with E-state index in [0.29, 0.717) is 0 Å². The van der Waals surface area contributed by atoms with Crippen molar-refractivity contribution in [2.24, 2.45) is 5.73 Å². The van der Waals surface area contributed by atoms with Gasteiger partial charge in [0.05, 0.1) is 0 Å². The highest BCUT2D eigenvalue weighted by Gasteiger charge is 2.19. The molecule has 1 heterocycles. The van der Waals surface area contributed by atoms with Gasteiger partial charge in [0, 0.05) is 44.0 Å². The molecule has 0 radical (unpaired) electrons. The molecule has 0 aromatic heterocycles. The van der Waals surface area contributed by atoms with Crippen molar-refractivity contribution in [1.29, 1.82) is 0 Å². The van der Waals surface area contributed by atoms with Crippen LogP contribution in [0.1, 0.15) is 20.3 Å². The molecule has 3 heteroatoms. The van der Waals surface area contributed by atoms with Gasteiger partial charge in [0.15, 0.2) is 0 Å². The number of benzene rings is 1. The molecule has 1 saturated heterocycles. The monoisotopic (exact) mass is 247 g/mol. The van der Waals surface area contributed by atoms with Crippen molar-refractivity contribution in [3.05, 3.63) is 30.3 Å². The first kappa shape index (κ1) is 13.4. The molecule has 0 atom stereocenters. The van der Waals surface area contributed by atoms with Crippen LogP contribution in [0.25, 0.3) is 0 Å². The minimum atomic E-state index is -0.0451. The van der Waals surface area contributed by atoms with Crippen molar-refractivity contribution in [2.75, 3.05) is 37.6 Å². The fourth-order valence-corrected chi connectivity index (χ4v) is 2.31. The molecule has 0 bridgehead atoms. The summed E-state index contributed by atoms with van der Waals surface area (Å²) >= 11 is 0. The Morgan fingerprint density at radius 2 is 1.67 bits per heavy atom. The second-order valence-electron chi connectivity index (χ2n) is 5.90. The average molecular weight is 247 g/mol. The van der Waals surface area contributed by atoms with Crippen LogP contribution in [0.2, 0.25) is 0 Å². The molecule has 0 aliphatic carbocycles. The van der Waals surface area contributed by atoms with E-state index < -0.39 is 0 Å². The maximum absolute atomic E-state index is 6.03. The molecule has 1 aromatic carbocycles. The standard InChI is InChI=1S/C15H25N3/c1-15(2,16)8-9-17-10-12-18(13-11-17)14-6-4-3-5-7-14/h3-7H,8-13,16H2,1-2H3. The Morgan fingerprint density at radius 3 is 2.22 bits per heavy atom. The molecule has 1 aliphatic rings. The third-order valence-corrected chi connectivity index (χ3v) is 3.57. The molecule has 1 aliphatic heterocycles. The van der Waals surface area contributed by atoms with Crippen LogP contribution in [0.15, 0.2) is 30.3 Å². The maximum atomic E-state index is 6.03. The van der Waals surface area contributed by atoms with Gasteiger partial charge in [0.2, 0.25) is 0 Å². The summed E-state index contributed by atoms with van der Waals surface area (Å²) in [4.78, 5) is 4.98. The van der Waals surface area contributed by atoms with Gasteiger partial charge in [-0.25, -0.2) is 0 Å². The van der Waals surface area contributed by atoms with Gasteiger partial charge in [-0.1, -0.05) is 18.2 Å². The van der Waals surface area contributed by atoms with Gasteiger partial charge in [-0.3, -0.25) is 4.90 Å². The summed E-state index contributed by atoms with van der Waals surface area (Å²) < 4.78 is 0. The van der Waals surface area contributed by atoms with Crippen molar-refractivity contribution < 1.29 is 0 Å². The molecule has 100 valence electrons. The Morgan fingerprint density at radius 1 is 1.06 bits per heavy atom. The summed E-state index contributed by atoms with van der Waals surface area (Å²) in [7, 11) is 0. The number of hydrogen-bond donors (Lipinski definition) is 1. The van der Waals surface area contributed by atoms with E-state index in [4.69, 9.17) is 5.73 Å². The SMILES string of the molecule is CC(C)(N)CCN1CCN(c2ccccc2)CC1. The number of hydrogen-bond acceptors (Lipinski definition) is 3. The topological polar surface area (TPSA) is 32.5 Å². The summed E-state index contributed by atoms with van der Waals surface area (Å²) in [6.45, 7) is 9.85. The van der Waals surface area contributed by atoms with Crippen LogP contribution in [-0.2, 0) is 0 Å². The van der Waals surface area contributed by atoms with E-state index in [2.05, 4.69) is 54.0 Å². The van der Waals surface area contributed by atoms with Crippen LogP contribution in [0.3, 0.4) is 0 Å². The van der Waals surface area contributed by atoms with E-state index in [1.165, 1.54) is 5.69 Å². The fourth-order valence-electron chi connectivity index (χ4n) is 2.31. The first-order chi connectivity index (χ1) is 8.54. The lowest BCUT2D eigenvalue weighted by molar-refractivity contribution is 0.236. The Hall–Kier alpha value is -1.06.